The van der Waals surface area contributed by atoms with Crippen LogP contribution in [0.3, 0.4) is 0 Å². The first kappa shape index (κ1) is 22.8. The zero-order valence-corrected chi connectivity index (χ0v) is 20.0. The number of ether oxygens (including phenoxy) is 2. The third-order valence-corrected chi connectivity index (χ3v) is 6.39. The number of amides is 1. The summed E-state index contributed by atoms with van der Waals surface area (Å²) >= 11 is 7.72. The molecule has 1 aromatic heterocycles. The van der Waals surface area contributed by atoms with Crippen LogP contribution in [-0.4, -0.2) is 39.1 Å². The number of thioether (sulfide) groups is 1. The van der Waals surface area contributed by atoms with Crippen LogP contribution in [0.4, 0.5) is 0 Å². The highest BCUT2D eigenvalue weighted by molar-refractivity contribution is 8.27. The van der Waals surface area contributed by atoms with Gasteiger partial charge in [0.1, 0.15) is 11.7 Å². The Bertz CT molecular complexity index is 1410. The van der Waals surface area contributed by atoms with E-state index in [1.54, 1.807) is 36.7 Å². The molecule has 174 valence electrons. The number of halogens is 1. The van der Waals surface area contributed by atoms with E-state index >= 15 is 0 Å². The Kier molecular flexibility index (Phi) is 6.35. The number of carbonyl (C=O) groups excluding carboxylic acids is 1. The van der Waals surface area contributed by atoms with E-state index in [1.807, 2.05) is 36.4 Å². The first-order valence-corrected chi connectivity index (χ1v) is 11.7. The maximum absolute atomic E-state index is 12.8. The largest absolute Gasteiger partial charge is 0.493 e. The van der Waals surface area contributed by atoms with Gasteiger partial charge in [-0.15, -0.1) is 0 Å². The van der Waals surface area contributed by atoms with Crippen LogP contribution in [0.5, 0.6) is 11.5 Å². The van der Waals surface area contributed by atoms with E-state index in [0.29, 0.717) is 38.9 Å². The van der Waals surface area contributed by atoms with Gasteiger partial charge in [-0.25, -0.2) is 0 Å². The van der Waals surface area contributed by atoms with E-state index < -0.39 is 5.91 Å². The zero-order valence-electron chi connectivity index (χ0n) is 18.4. The molecule has 35 heavy (non-hydrogen) atoms. The standard InChI is InChI=1S/C25H18ClN5O3S/c1-33-20-12-16(11-19(26)21(20)34-14-15-6-3-2-4-7-15)10-18-22(27)31-25(29-23(18)32)35-24(30-31)17-8-5-9-28-13-17/h2-13,27H,14H2,1H3/b18-10-,27-22?. The minimum atomic E-state index is -0.532. The minimum Gasteiger partial charge on any atom is -0.493 e. The highest BCUT2D eigenvalue weighted by atomic mass is 35.5. The van der Waals surface area contributed by atoms with Gasteiger partial charge in [0.2, 0.25) is 5.17 Å². The summed E-state index contributed by atoms with van der Waals surface area (Å²) in [7, 11) is 1.51. The molecule has 10 heteroatoms. The highest BCUT2D eigenvalue weighted by Crippen LogP contribution is 2.38. The van der Waals surface area contributed by atoms with Crippen molar-refractivity contribution in [3.63, 3.8) is 0 Å². The fourth-order valence-electron chi connectivity index (χ4n) is 3.46. The Morgan fingerprint density at radius 3 is 2.74 bits per heavy atom. The van der Waals surface area contributed by atoms with Gasteiger partial charge < -0.3 is 9.47 Å². The molecule has 0 atom stereocenters. The fourth-order valence-corrected chi connectivity index (χ4v) is 4.61. The first-order valence-electron chi connectivity index (χ1n) is 10.5. The molecule has 0 spiro atoms. The summed E-state index contributed by atoms with van der Waals surface area (Å²) in [6.07, 6.45) is 4.88. The van der Waals surface area contributed by atoms with Crippen molar-refractivity contribution in [2.45, 2.75) is 6.61 Å². The van der Waals surface area contributed by atoms with Crippen molar-refractivity contribution in [1.82, 2.24) is 9.99 Å². The van der Waals surface area contributed by atoms with Gasteiger partial charge in [-0.1, -0.05) is 41.9 Å². The van der Waals surface area contributed by atoms with E-state index in [0.717, 1.165) is 11.1 Å². The number of nitrogens with zero attached hydrogens (tertiary/aromatic N) is 4. The van der Waals surface area contributed by atoms with Crippen LogP contribution in [-0.2, 0) is 11.4 Å². The number of benzene rings is 2. The third kappa shape index (κ3) is 4.68. The Labute approximate surface area is 210 Å². The van der Waals surface area contributed by atoms with Crippen molar-refractivity contribution in [3.05, 3.63) is 94.3 Å². The lowest BCUT2D eigenvalue weighted by atomic mass is 10.1. The summed E-state index contributed by atoms with van der Waals surface area (Å²) < 4.78 is 11.4. The van der Waals surface area contributed by atoms with Crippen LogP contribution < -0.4 is 9.47 Å². The number of rotatable bonds is 6. The summed E-state index contributed by atoms with van der Waals surface area (Å²) in [5, 5.41) is 15.7. The molecule has 8 nitrogen and oxygen atoms in total. The molecule has 2 aliphatic heterocycles. The maximum Gasteiger partial charge on any atom is 0.283 e. The molecule has 2 aliphatic rings. The summed E-state index contributed by atoms with van der Waals surface area (Å²) in [5.74, 6) is 0.196. The van der Waals surface area contributed by atoms with Crippen LogP contribution >= 0.6 is 23.4 Å². The molecule has 1 N–H and O–H groups in total. The van der Waals surface area contributed by atoms with Gasteiger partial charge in [-0.2, -0.15) is 15.1 Å². The third-order valence-electron chi connectivity index (χ3n) is 5.15. The number of hydrogen-bond acceptors (Lipinski definition) is 7. The second-order valence-electron chi connectivity index (χ2n) is 7.48. The highest BCUT2D eigenvalue weighted by Gasteiger charge is 2.36. The Balaban J connectivity index is 1.42. The van der Waals surface area contributed by atoms with Crippen molar-refractivity contribution in [2.75, 3.05) is 7.11 Å². The lowest BCUT2D eigenvalue weighted by molar-refractivity contribution is -0.114. The van der Waals surface area contributed by atoms with Gasteiger partial charge in [0.15, 0.2) is 17.3 Å². The molecule has 0 radical (unpaired) electrons. The SMILES string of the molecule is COc1cc(/C=C2/C(=N)N3N=C(c4cccnc4)SC3=NC2=O)cc(Cl)c1OCc1ccccc1. The summed E-state index contributed by atoms with van der Waals surface area (Å²) in [5.41, 5.74) is 2.42. The average Bonchev–Trinajstić information content (AvgIpc) is 3.31. The molecule has 5 rings (SSSR count). The lowest BCUT2D eigenvalue weighted by Crippen LogP contribution is -2.35. The Morgan fingerprint density at radius 2 is 2.00 bits per heavy atom. The number of amidine groups is 2. The average molecular weight is 504 g/mol. The Morgan fingerprint density at radius 1 is 1.17 bits per heavy atom. The van der Waals surface area contributed by atoms with Crippen LogP contribution in [0.1, 0.15) is 16.7 Å². The van der Waals surface area contributed by atoms with Crippen molar-refractivity contribution < 1.29 is 14.3 Å². The number of fused-ring (bicyclic) bond motifs is 1. The molecule has 0 fully saturated rings. The minimum absolute atomic E-state index is 0.0779. The molecule has 1 amide bonds. The lowest BCUT2D eigenvalue weighted by Gasteiger charge is -2.20. The fraction of sp³-hybridized carbons (Fsp3) is 0.0800. The number of aromatic nitrogens is 1. The second kappa shape index (κ2) is 9.73. The van der Waals surface area contributed by atoms with E-state index in [-0.39, 0.29) is 11.4 Å². The number of nitrogens with one attached hydrogen (secondary N) is 1. The monoisotopic (exact) mass is 503 g/mol. The van der Waals surface area contributed by atoms with E-state index in [4.69, 9.17) is 26.5 Å². The van der Waals surface area contributed by atoms with Gasteiger partial charge in [0.05, 0.1) is 17.7 Å². The normalized spacial score (nSPS) is 16.2. The van der Waals surface area contributed by atoms with Crippen molar-refractivity contribution in [1.29, 1.82) is 5.41 Å². The number of aliphatic imine (C=N–C) groups is 1. The summed E-state index contributed by atoms with van der Waals surface area (Å²) in [6.45, 7) is 0.321. The summed E-state index contributed by atoms with van der Waals surface area (Å²) in [4.78, 5) is 21.0. The Hall–Kier alpha value is -3.95. The number of carbonyl (C=O) groups is 1. The topological polar surface area (TPSA) is 100 Å². The van der Waals surface area contributed by atoms with Crippen LogP contribution in [0, 0.1) is 5.41 Å². The van der Waals surface area contributed by atoms with Crippen molar-refractivity contribution in [3.8, 4) is 11.5 Å². The number of hydrogen-bond donors (Lipinski definition) is 1. The second-order valence-corrected chi connectivity index (χ2v) is 8.84. The van der Waals surface area contributed by atoms with Crippen molar-refractivity contribution in [2.24, 2.45) is 10.1 Å². The predicted molar refractivity (Wildman–Crippen MR) is 137 cm³/mol. The quantitative estimate of drug-likeness (QED) is 0.476. The predicted octanol–water partition coefficient (Wildman–Crippen LogP) is 4.99. The molecule has 0 saturated heterocycles. The van der Waals surface area contributed by atoms with Crippen LogP contribution in [0.2, 0.25) is 5.02 Å². The van der Waals surface area contributed by atoms with E-state index in [9.17, 15) is 4.79 Å². The van der Waals surface area contributed by atoms with Gasteiger partial charge in [0, 0.05) is 18.0 Å². The number of pyridine rings is 1. The molecule has 3 heterocycles. The molecule has 0 saturated carbocycles. The smallest absolute Gasteiger partial charge is 0.283 e. The van der Waals surface area contributed by atoms with E-state index in [1.165, 1.54) is 23.9 Å². The van der Waals surface area contributed by atoms with E-state index in [2.05, 4.69) is 15.1 Å². The molecular formula is C25H18ClN5O3S. The zero-order chi connectivity index (χ0) is 24.4. The molecule has 0 aliphatic carbocycles. The van der Waals surface area contributed by atoms with Crippen LogP contribution in [0.15, 0.2) is 82.7 Å². The summed E-state index contributed by atoms with van der Waals surface area (Å²) in [6, 6.07) is 16.7. The maximum atomic E-state index is 12.8. The van der Waals surface area contributed by atoms with Gasteiger partial charge in [0.25, 0.3) is 5.91 Å². The molecule has 0 unspecified atom stereocenters. The first-order chi connectivity index (χ1) is 17.0. The molecule has 0 bridgehead atoms. The molecular weight excluding hydrogens is 486 g/mol. The van der Waals surface area contributed by atoms with Crippen LogP contribution in [0.25, 0.3) is 6.08 Å². The van der Waals surface area contributed by atoms with Gasteiger partial charge in [-0.05, 0) is 53.2 Å². The molecule has 2 aromatic carbocycles. The van der Waals surface area contributed by atoms with Gasteiger partial charge >= 0.3 is 0 Å². The number of methoxy groups -OCH3 is 1. The van der Waals surface area contributed by atoms with Gasteiger partial charge in [-0.3, -0.25) is 15.2 Å². The molecule has 3 aromatic rings. The van der Waals surface area contributed by atoms with Crippen molar-refractivity contribution >= 4 is 51.4 Å². The number of hydrazone groups is 1.